The molecule has 2 N–H and O–H groups in total. The number of hydrogen-bond donors (Lipinski definition) is 2. The van der Waals surface area contributed by atoms with Crippen LogP contribution in [0, 0.1) is 20.2 Å². The highest BCUT2D eigenvalue weighted by molar-refractivity contribution is 5.67. The minimum atomic E-state index is -0.461. The highest BCUT2D eigenvalue weighted by atomic mass is 16.6. The Bertz CT molecular complexity index is 733. The zero-order chi connectivity index (χ0) is 18.8. The average molecular weight is 356 g/mol. The summed E-state index contributed by atoms with van der Waals surface area (Å²) < 4.78 is 0. The largest absolute Gasteiger partial charge is 0.279 e. The van der Waals surface area contributed by atoms with E-state index in [1.807, 2.05) is 0 Å². The van der Waals surface area contributed by atoms with E-state index in [-0.39, 0.29) is 11.4 Å². The Hall–Kier alpha value is -3.82. The number of nitrogens with one attached hydrogen (secondary N) is 2. The second-order valence-corrected chi connectivity index (χ2v) is 5.03. The van der Waals surface area contributed by atoms with Crippen molar-refractivity contribution in [3.05, 3.63) is 68.8 Å². The van der Waals surface area contributed by atoms with Crippen LogP contribution in [0.1, 0.15) is 12.8 Å². The summed E-state index contributed by atoms with van der Waals surface area (Å²) in [5, 5.41) is 29.1. The standard InChI is InChI=1S/C16H16N6O4/c23-21(24)15-7-3-13(4-8-15)19-17-11-1-2-12-18-20-14-5-9-16(10-6-14)22(25)26/h3-12,19-20H,1-2H2/b17-11+,18-12+. The van der Waals surface area contributed by atoms with Gasteiger partial charge >= 0.3 is 0 Å². The molecule has 0 saturated carbocycles. The molecule has 10 nitrogen and oxygen atoms in total. The van der Waals surface area contributed by atoms with E-state index < -0.39 is 9.85 Å². The lowest BCUT2D eigenvalue weighted by molar-refractivity contribution is -0.385. The van der Waals surface area contributed by atoms with Crippen molar-refractivity contribution in [3.63, 3.8) is 0 Å². The van der Waals surface area contributed by atoms with Crippen LogP contribution in [0.25, 0.3) is 0 Å². The lowest BCUT2D eigenvalue weighted by atomic mass is 10.3. The molecule has 0 aromatic heterocycles. The van der Waals surface area contributed by atoms with Gasteiger partial charge in [-0.1, -0.05) is 0 Å². The van der Waals surface area contributed by atoms with E-state index in [1.54, 1.807) is 36.7 Å². The first-order valence-corrected chi connectivity index (χ1v) is 7.60. The Balaban J connectivity index is 1.66. The number of nitrogens with zero attached hydrogens (tertiary/aromatic N) is 4. The van der Waals surface area contributed by atoms with E-state index in [4.69, 9.17) is 0 Å². The summed E-state index contributed by atoms with van der Waals surface area (Å²) in [6, 6.07) is 11.9. The third-order valence-electron chi connectivity index (χ3n) is 3.15. The second kappa shape index (κ2) is 9.47. The van der Waals surface area contributed by atoms with E-state index in [1.165, 1.54) is 24.3 Å². The van der Waals surface area contributed by atoms with Crippen molar-refractivity contribution in [2.45, 2.75) is 12.8 Å². The van der Waals surface area contributed by atoms with Gasteiger partial charge in [0, 0.05) is 36.7 Å². The van der Waals surface area contributed by atoms with Crippen LogP contribution in [0.5, 0.6) is 0 Å². The minimum absolute atomic E-state index is 0.0243. The van der Waals surface area contributed by atoms with Gasteiger partial charge in [0.1, 0.15) is 0 Å². The van der Waals surface area contributed by atoms with Crippen LogP contribution in [0.15, 0.2) is 58.7 Å². The van der Waals surface area contributed by atoms with Crippen molar-refractivity contribution in [1.29, 1.82) is 0 Å². The lowest BCUT2D eigenvalue weighted by Gasteiger charge is -1.99. The van der Waals surface area contributed by atoms with Crippen molar-refractivity contribution in [3.8, 4) is 0 Å². The highest BCUT2D eigenvalue weighted by Gasteiger charge is 2.03. The number of hydrazone groups is 2. The number of nitro benzene ring substituents is 2. The van der Waals surface area contributed by atoms with Crippen LogP contribution in [-0.2, 0) is 0 Å². The van der Waals surface area contributed by atoms with Crippen LogP contribution in [-0.4, -0.2) is 22.3 Å². The summed E-state index contributed by atoms with van der Waals surface area (Å²) in [7, 11) is 0. The number of benzene rings is 2. The average Bonchev–Trinajstić information content (AvgIpc) is 2.64. The van der Waals surface area contributed by atoms with Crippen molar-refractivity contribution in [2.75, 3.05) is 10.9 Å². The van der Waals surface area contributed by atoms with E-state index >= 15 is 0 Å². The molecule has 134 valence electrons. The molecule has 0 unspecified atom stereocenters. The summed E-state index contributed by atoms with van der Waals surface area (Å²) in [5.41, 5.74) is 6.90. The van der Waals surface area contributed by atoms with Gasteiger partial charge in [0.2, 0.25) is 0 Å². The third kappa shape index (κ3) is 6.00. The monoisotopic (exact) mass is 356 g/mol. The zero-order valence-electron chi connectivity index (χ0n) is 13.6. The van der Waals surface area contributed by atoms with Gasteiger partial charge in [-0.25, -0.2) is 0 Å². The maximum atomic E-state index is 10.5. The third-order valence-corrected chi connectivity index (χ3v) is 3.15. The number of anilines is 2. The normalized spacial score (nSPS) is 10.9. The summed E-state index contributed by atoms with van der Waals surface area (Å²) >= 11 is 0. The number of unbranched alkanes of at least 4 members (excludes halogenated alkanes) is 1. The Morgan fingerprint density at radius 1 is 0.731 bits per heavy atom. The van der Waals surface area contributed by atoms with Crippen LogP contribution < -0.4 is 10.9 Å². The van der Waals surface area contributed by atoms with Crippen molar-refractivity contribution in [1.82, 2.24) is 0 Å². The molecular weight excluding hydrogens is 340 g/mol. The van der Waals surface area contributed by atoms with Crippen LogP contribution in [0.4, 0.5) is 22.7 Å². The van der Waals surface area contributed by atoms with Crippen molar-refractivity contribution >= 4 is 35.2 Å². The van der Waals surface area contributed by atoms with Gasteiger partial charge in [0.25, 0.3) is 11.4 Å². The first kappa shape index (κ1) is 18.5. The van der Waals surface area contributed by atoms with Gasteiger partial charge in [-0.3, -0.25) is 31.1 Å². The van der Waals surface area contributed by atoms with Gasteiger partial charge < -0.3 is 0 Å². The summed E-state index contributed by atoms with van der Waals surface area (Å²) in [6.07, 6.45) is 4.62. The van der Waals surface area contributed by atoms with E-state index in [9.17, 15) is 20.2 Å². The molecule has 0 spiro atoms. The topological polar surface area (TPSA) is 135 Å². The first-order valence-electron chi connectivity index (χ1n) is 7.60. The van der Waals surface area contributed by atoms with E-state index in [0.29, 0.717) is 24.2 Å². The second-order valence-electron chi connectivity index (χ2n) is 5.03. The predicted molar refractivity (Wildman–Crippen MR) is 99.7 cm³/mol. The van der Waals surface area contributed by atoms with E-state index in [0.717, 1.165) is 0 Å². The van der Waals surface area contributed by atoms with Gasteiger partial charge in [0.05, 0.1) is 21.2 Å². The zero-order valence-corrected chi connectivity index (χ0v) is 13.6. The van der Waals surface area contributed by atoms with Crippen molar-refractivity contribution < 1.29 is 9.85 Å². The molecule has 0 saturated heterocycles. The predicted octanol–water partition coefficient (Wildman–Crippen LogP) is 3.78. The minimum Gasteiger partial charge on any atom is -0.279 e. The fraction of sp³-hybridized carbons (Fsp3) is 0.125. The molecule has 0 aliphatic heterocycles. The first-order chi connectivity index (χ1) is 12.6. The fourth-order valence-electron chi connectivity index (χ4n) is 1.83. The summed E-state index contributed by atoms with van der Waals surface area (Å²) in [4.78, 5) is 20.2. The maximum Gasteiger partial charge on any atom is 0.269 e. The number of non-ortho nitro benzene ring substituents is 2. The fourth-order valence-corrected chi connectivity index (χ4v) is 1.83. The Kier molecular flexibility index (Phi) is 6.74. The molecule has 0 fully saturated rings. The molecule has 10 heteroatoms. The highest BCUT2D eigenvalue weighted by Crippen LogP contribution is 2.16. The molecule has 0 aliphatic carbocycles. The maximum absolute atomic E-state index is 10.5. The lowest BCUT2D eigenvalue weighted by Crippen LogP contribution is -1.93. The molecule has 0 heterocycles. The number of nitro groups is 2. The van der Waals surface area contributed by atoms with Gasteiger partial charge in [-0.05, 0) is 37.1 Å². The molecule has 0 bridgehead atoms. The van der Waals surface area contributed by atoms with Crippen molar-refractivity contribution in [2.24, 2.45) is 10.2 Å². The van der Waals surface area contributed by atoms with Gasteiger partial charge in [0.15, 0.2) is 0 Å². The van der Waals surface area contributed by atoms with Gasteiger partial charge in [-0.2, -0.15) is 10.2 Å². The molecule has 2 aromatic carbocycles. The van der Waals surface area contributed by atoms with Crippen LogP contribution in [0.3, 0.4) is 0 Å². The molecule has 0 aliphatic rings. The molecule has 2 aromatic rings. The van der Waals surface area contributed by atoms with Gasteiger partial charge in [-0.15, -0.1) is 0 Å². The quantitative estimate of drug-likeness (QED) is 0.304. The Labute approximate surface area is 148 Å². The van der Waals surface area contributed by atoms with E-state index in [2.05, 4.69) is 21.1 Å². The smallest absolute Gasteiger partial charge is 0.269 e. The molecule has 0 amide bonds. The van der Waals surface area contributed by atoms with Crippen LogP contribution in [0.2, 0.25) is 0 Å². The molecule has 0 atom stereocenters. The molecule has 0 radical (unpaired) electrons. The molecular formula is C16H16N6O4. The SMILES string of the molecule is O=[N+]([O-])c1ccc(N/N=C/CC/C=N/Nc2ccc([N+](=O)[O-])cc2)cc1. The number of rotatable bonds is 9. The molecule has 2 rings (SSSR count). The number of hydrogen-bond acceptors (Lipinski definition) is 8. The Morgan fingerprint density at radius 3 is 1.38 bits per heavy atom. The summed E-state index contributed by atoms with van der Waals surface area (Å²) in [5.74, 6) is 0. The molecule has 26 heavy (non-hydrogen) atoms. The Morgan fingerprint density at radius 2 is 1.08 bits per heavy atom. The van der Waals surface area contributed by atoms with Crippen LogP contribution >= 0.6 is 0 Å². The summed E-state index contributed by atoms with van der Waals surface area (Å²) in [6.45, 7) is 0.